The second kappa shape index (κ2) is 14.0. The summed E-state index contributed by atoms with van der Waals surface area (Å²) in [4.78, 5) is 45.2. The zero-order chi connectivity index (χ0) is 26.6. The highest BCUT2D eigenvalue weighted by atomic mass is 35.5. The molecule has 2 N–H and O–H groups in total. The van der Waals surface area contributed by atoms with Crippen molar-refractivity contribution in [3.63, 3.8) is 0 Å². The molecule has 0 unspecified atom stereocenters. The van der Waals surface area contributed by atoms with Crippen LogP contribution in [0.4, 0.5) is 4.79 Å². The summed E-state index contributed by atoms with van der Waals surface area (Å²) < 4.78 is 5.30. The van der Waals surface area contributed by atoms with Crippen LogP contribution in [0.15, 0.2) is 83.8 Å². The molecule has 4 rings (SSSR count). The lowest BCUT2D eigenvalue weighted by atomic mass is 10.1. The fraction of sp³-hybridized carbons (Fsp3) is 0.143. The van der Waals surface area contributed by atoms with Crippen molar-refractivity contribution in [2.45, 2.75) is 25.7 Å². The van der Waals surface area contributed by atoms with Crippen molar-refractivity contribution in [3.05, 3.63) is 105 Å². The summed E-state index contributed by atoms with van der Waals surface area (Å²) in [6.45, 7) is 0. The molecule has 0 aromatic heterocycles. The van der Waals surface area contributed by atoms with Crippen molar-refractivity contribution >= 4 is 52.5 Å². The Hall–Kier alpha value is -3.88. The van der Waals surface area contributed by atoms with Gasteiger partial charge in [0, 0.05) is 18.9 Å². The van der Waals surface area contributed by atoms with Crippen LogP contribution in [0, 0.1) is 0 Å². The highest BCUT2D eigenvalue weighted by Gasteiger charge is 2.25. The quantitative estimate of drug-likeness (QED) is 0.209. The predicted molar refractivity (Wildman–Crippen MR) is 143 cm³/mol. The molecule has 0 radical (unpaired) electrons. The second-order valence-electron chi connectivity index (χ2n) is 7.87. The zero-order valence-electron chi connectivity index (χ0n) is 19.7. The van der Waals surface area contributed by atoms with E-state index in [0.29, 0.717) is 29.2 Å². The number of ether oxygens (including phenoxy) is 1. The normalized spacial score (nSPS) is 13.5. The lowest BCUT2D eigenvalue weighted by molar-refractivity contribution is -0.137. The van der Waals surface area contributed by atoms with Crippen LogP contribution >= 0.6 is 23.4 Å². The summed E-state index contributed by atoms with van der Waals surface area (Å²) in [7, 11) is 0. The van der Waals surface area contributed by atoms with Crippen molar-refractivity contribution < 1.29 is 29.0 Å². The summed E-state index contributed by atoms with van der Waals surface area (Å²) in [6, 6.07) is 24.0. The van der Waals surface area contributed by atoms with E-state index >= 15 is 0 Å². The molecule has 37 heavy (non-hydrogen) atoms. The molecule has 1 aliphatic rings. The van der Waals surface area contributed by atoms with Crippen LogP contribution in [0.25, 0.3) is 6.08 Å². The van der Waals surface area contributed by atoms with Crippen LogP contribution in [-0.4, -0.2) is 28.2 Å². The minimum atomic E-state index is -0.742. The van der Waals surface area contributed by atoms with Crippen LogP contribution in [0.5, 0.6) is 5.75 Å². The van der Waals surface area contributed by atoms with Gasteiger partial charge in [-0.2, -0.15) is 0 Å². The first-order valence-electron chi connectivity index (χ1n) is 11.3. The van der Waals surface area contributed by atoms with E-state index in [2.05, 4.69) is 5.32 Å². The number of esters is 1. The minimum Gasteiger partial charge on any atom is -0.481 e. The number of carbonyl (C=O) groups excluding carboxylic acids is 3. The van der Waals surface area contributed by atoms with Gasteiger partial charge in [-0.05, 0) is 59.5 Å². The van der Waals surface area contributed by atoms with Gasteiger partial charge in [0.1, 0.15) is 5.75 Å². The smallest absolute Gasteiger partial charge is 0.311 e. The van der Waals surface area contributed by atoms with Gasteiger partial charge in [-0.3, -0.25) is 24.5 Å². The number of aryl methyl sites for hydroxylation is 2. The summed E-state index contributed by atoms with van der Waals surface area (Å²) >= 11 is 7.00. The first kappa shape index (κ1) is 27.7. The molecule has 7 nitrogen and oxygen atoms in total. The standard InChI is InChI=1S/C19H14ClNO4S.C9H10O2/c20-15-11-14(25-17(22)9-6-12-4-2-1-3-5-12)8-7-13(15)10-16-18(23)21-19(24)26-16;10-9(11)7-6-8-4-2-1-3-5-8/h1-5,7-8,10-11H,6,9H2,(H,21,23,24);1-5H,6-7H2,(H,10,11)/b16-10-;. The Balaban J connectivity index is 0.000000289. The Morgan fingerprint density at radius 2 is 1.49 bits per heavy atom. The van der Waals surface area contributed by atoms with Crippen molar-refractivity contribution in [1.29, 1.82) is 0 Å². The maximum Gasteiger partial charge on any atom is 0.311 e. The van der Waals surface area contributed by atoms with E-state index in [-0.39, 0.29) is 23.7 Å². The fourth-order valence-corrected chi connectivity index (χ4v) is 4.12. The molecule has 1 heterocycles. The number of thioether (sulfide) groups is 1. The fourth-order valence-electron chi connectivity index (χ4n) is 3.22. The van der Waals surface area contributed by atoms with Crippen LogP contribution in [-0.2, 0) is 27.2 Å². The molecule has 9 heteroatoms. The molecule has 190 valence electrons. The SMILES string of the molecule is O=C(CCc1ccccc1)Oc1ccc(/C=C2\SC(=O)NC2=O)c(Cl)c1.O=C(O)CCc1ccccc1. The van der Waals surface area contributed by atoms with Crippen LogP contribution in [0.1, 0.15) is 29.5 Å². The molecule has 0 saturated carbocycles. The van der Waals surface area contributed by atoms with Crippen molar-refractivity contribution in [2.24, 2.45) is 0 Å². The average Bonchev–Trinajstić information content (AvgIpc) is 3.21. The van der Waals surface area contributed by atoms with Gasteiger partial charge >= 0.3 is 11.9 Å². The van der Waals surface area contributed by atoms with E-state index in [0.717, 1.165) is 22.9 Å². The summed E-state index contributed by atoms with van der Waals surface area (Å²) in [5.74, 6) is -1.22. The third-order valence-electron chi connectivity index (χ3n) is 5.06. The number of nitrogens with one attached hydrogen (secondary N) is 1. The number of carboxylic acids is 1. The molecule has 3 aromatic carbocycles. The van der Waals surface area contributed by atoms with Crippen LogP contribution < -0.4 is 10.1 Å². The van der Waals surface area contributed by atoms with Gasteiger partial charge in [-0.1, -0.05) is 72.3 Å². The maximum atomic E-state index is 12.0. The van der Waals surface area contributed by atoms with E-state index < -0.39 is 17.1 Å². The number of carboxylic acid groups (broad SMARTS) is 1. The maximum absolute atomic E-state index is 12.0. The molecule has 1 saturated heterocycles. The number of halogens is 1. The largest absolute Gasteiger partial charge is 0.481 e. The van der Waals surface area contributed by atoms with E-state index in [1.165, 1.54) is 12.1 Å². The molecule has 0 aliphatic carbocycles. The highest BCUT2D eigenvalue weighted by Crippen LogP contribution is 2.30. The third kappa shape index (κ3) is 9.59. The Morgan fingerprint density at radius 1 is 0.892 bits per heavy atom. The van der Waals surface area contributed by atoms with Crippen molar-refractivity contribution in [1.82, 2.24) is 5.32 Å². The van der Waals surface area contributed by atoms with Gasteiger partial charge in [0.25, 0.3) is 11.1 Å². The highest BCUT2D eigenvalue weighted by molar-refractivity contribution is 8.18. The number of hydrogen-bond acceptors (Lipinski definition) is 6. The number of benzene rings is 3. The number of rotatable bonds is 8. The summed E-state index contributed by atoms with van der Waals surface area (Å²) in [5.41, 5.74) is 2.70. The van der Waals surface area contributed by atoms with Gasteiger partial charge in [-0.25, -0.2) is 0 Å². The van der Waals surface area contributed by atoms with E-state index in [9.17, 15) is 19.2 Å². The van der Waals surface area contributed by atoms with Crippen LogP contribution in [0.3, 0.4) is 0 Å². The number of aliphatic carboxylic acids is 1. The second-order valence-corrected chi connectivity index (χ2v) is 9.30. The Labute approximate surface area is 223 Å². The third-order valence-corrected chi connectivity index (χ3v) is 6.20. The first-order valence-corrected chi connectivity index (χ1v) is 12.5. The molecule has 3 aromatic rings. The lowest BCUT2D eigenvalue weighted by Gasteiger charge is -2.07. The zero-order valence-corrected chi connectivity index (χ0v) is 21.3. The minimum absolute atomic E-state index is 0.212. The number of amides is 2. The van der Waals surface area contributed by atoms with Crippen LogP contribution in [0.2, 0.25) is 5.02 Å². The molecular weight excluding hydrogens is 514 g/mol. The summed E-state index contributed by atoms with van der Waals surface area (Å²) in [6.07, 6.45) is 3.21. The van der Waals surface area contributed by atoms with E-state index in [4.69, 9.17) is 21.4 Å². The number of hydrogen-bond donors (Lipinski definition) is 2. The van der Waals surface area contributed by atoms with Gasteiger partial charge in [0.05, 0.1) is 9.93 Å². The summed E-state index contributed by atoms with van der Waals surface area (Å²) in [5, 5.41) is 10.5. The Morgan fingerprint density at radius 3 is 2.00 bits per heavy atom. The van der Waals surface area contributed by atoms with Gasteiger partial charge in [0.2, 0.25) is 0 Å². The number of carbonyl (C=O) groups is 4. The first-order chi connectivity index (χ1) is 17.8. The van der Waals surface area contributed by atoms with Gasteiger partial charge in [-0.15, -0.1) is 0 Å². The van der Waals surface area contributed by atoms with Crippen molar-refractivity contribution in [2.75, 3.05) is 0 Å². The molecule has 2 amide bonds. The van der Waals surface area contributed by atoms with E-state index in [1.54, 1.807) is 12.1 Å². The molecule has 0 spiro atoms. The Kier molecular flexibility index (Phi) is 10.5. The lowest BCUT2D eigenvalue weighted by Crippen LogP contribution is -2.17. The molecule has 1 fully saturated rings. The average molecular weight is 538 g/mol. The molecular formula is C28H24ClNO6S. The molecule has 1 aliphatic heterocycles. The molecule has 0 bridgehead atoms. The monoisotopic (exact) mass is 537 g/mol. The van der Waals surface area contributed by atoms with Gasteiger partial charge < -0.3 is 9.84 Å². The molecule has 0 atom stereocenters. The van der Waals surface area contributed by atoms with Crippen molar-refractivity contribution in [3.8, 4) is 5.75 Å². The Bertz CT molecular complexity index is 1290. The predicted octanol–water partition coefficient (Wildman–Crippen LogP) is 5.91. The number of imide groups is 1. The topological polar surface area (TPSA) is 110 Å². The van der Waals surface area contributed by atoms with E-state index in [1.807, 2.05) is 60.7 Å². The van der Waals surface area contributed by atoms with Gasteiger partial charge in [0.15, 0.2) is 0 Å².